The van der Waals surface area contributed by atoms with Crippen molar-refractivity contribution >= 4 is 17.5 Å². The van der Waals surface area contributed by atoms with Gasteiger partial charge in [0.1, 0.15) is 10.8 Å². The molecule has 2 aromatic rings. The first-order valence-electron chi connectivity index (χ1n) is 4.34. The van der Waals surface area contributed by atoms with Crippen molar-refractivity contribution < 1.29 is 17.6 Å². The van der Waals surface area contributed by atoms with E-state index in [4.69, 9.17) is 5.73 Å². The van der Waals surface area contributed by atoms with Crippen molar-refractivity contribution in [1.82, 2.24) is 9.36 Å². The van der Waals surface area contributed by atoms with Gasteiger partial charge in [0.2, 0.25) is 5.95 Å². The first-order valence-corrected chi connectivity index (χ1v) is 5.11. The normalized spacial score (nSPS) is 11.8. The Morgan fingerprint density at radius 2 is 1.94 bits per heavy atom. The Kier molecular flexibility index (Phi) is 2.74. The van der Waals surface area contributed by atoms with Crippen molar-refractivity contribution in [2.24, 2.45) is 0 Å². The van der Waals surface area contributed by atoms with E-state index in [1.165, 1.54) is 0 Å². The molecule has 1 aromatic carbocycles. The molecule has 0 saturated carbocycles. The molecule has 8 heteroatoms. The lowest BCUT2D eigenvalue weighted by Crippen LogP contribution is -2.05. The summed E-state index contributed by atoms with van der Waals surface area (Å²) >= 11 is 0.743. The Morgan fingerprint density at radius 3 is 2.47 bits per heavy atom. The van der Waals surface area contributed by atoms with Crippen LogP contribution >= 0.6 is 11.5 Å². The highest BCUT2D eigenvalue weighted by Crippen LogP contribution is 2.34. The van der Waals surface area contributed by atoms with Crippen LogP contribution in [0.15, 0.2) is 18.2 Å². The number of nitrogens with two attached hydrogens (primary N) is 1. The molecule has 0 bridgehead atoms. The van der Waals surface area contributed by atoms with E-state index < -0.39 is 17.6 Å². The highest BCUT2D eigenvalue weighted by molar-refractivity contribution is 7.09. The molecular weight excluding hydrogens is 258 g/mol. The van der Waals surface area contributed by atoms with Crippen molar-refractivity contribution in [2.75, 3.05) is 5.73 Å². The summed E-state index contributed by atoms with van der Waals surface area (Å²) in [6.45, 7) is 0. The Hall–Kier alpha value is -1.70. The minimum Gasteiger partial charge on any atom is -0.367 e. The summed E-state index contributed by atoms with van der Waals surface area (Å²) in [6, 6.07) is 2.11. The van der Waals surface area contributed by atoms with E-state index in [0.717, 1.165) is 17.6 Å². The lowest BCUT2D eigenvalue weighted by molar-refractivity contribution is -0.137. The van der Waals surface area contributed by atoms with E-state index in [1.54, 1.807) is 0 Å². The van der Waals surface area contributed by atoms with Crippen molar-refractivity contribution in [3.8, 4) is 10.6 Å². The van der Waals surface area contributed by atoms with Gasteiger partial charge in [-0.1, -0.05) is 0 Å². The monoisotopic (exact) mass is 263 g/mol. The first-order chi connectivity index (χ1) is 7.88. The van der Waals surface area contributed by atoms with Gasteiger partial charge in [0.05, 0.1) is 5.56 Å². The van der Waals surface area contributed by atoms with Crippen LogP contribution in [-0.2, 0) is 6.18 Å². The smallest absolute Gasteiger partial charge is 0.367 e. The van der Waals surface area contributed by atoms with Gasteiger partial charge in [0.15, 0.2) is 0 Å². The zero-order valence-corrected chi connectivity index (χ0v) is 8.94. The molecule has 2 N–H and O–H groups in total. The molecule has 0 saturated heterocycles. The van der Waals surface area contributed by atoms with Crippen LogP contribution in [-0.4, -0.2) is 9.36 Å². The first kappa shape index (κ1) is 11.8. The molecule has 0 spiro atoms. The van der Waals surface area contributed by atoms with Gasteiger partial charge in [-0.15, -0.1) is 0 Å². The molecule has 1 aromatic heterocycles. The fourth-order valence-electron chi connectivity index (χ4n) is 1.21. The van der Waals surface area contributed by atoms with Gasteiger partial charge < -0.3 is 5.73 Å². The van der Waals surface area contributed by atoms with Gasteiger partial charge in [-0.2, -0.15) is 22.5 Å². The maximum atomic E-state index is 13.4. The molecule has 0 fully saturated rings. The molecule has 0 atom stereocenters. The average Bonchev–Trinajstić information content (AvgIpc) is 2.63. The van der Waals surface area contributed by atoms with Crippen LogP contribution in [0.4, 0.5) is 23.5 Å². The second-order valence-electron chi connectivity index (χ2n) is 3.15. The number of rotatable bonds is 1. The van der Waals surface area contributed by atoms with Crippen LogP contribution < -0.4 is 5.73 Å². The second kappa shape index (κ2) is 3.95. The SMILES string of the molecule is Nc1nsc(-c2cc(C(F)(F)F)ccc2F)n1. The topological polar surface area (TPSA) is 51.8 Å². The Labute approximate surface area is 97.1 Å². The van der Waals surface area contributed by atoms with Crippen LogP contribution in [0.25, 0.3) is 10.6 Å². The molecular formula is C9H5F4N3S. The summed E-state index contributed by atoms with van der Waals surface area (Å²) in [5.74, 6) is -0.893. The second-order valence-corrected chi connectivity index (χ2v) is 3.90. The molecule has 0 aliphatic rings. The van der Waals surface area contributed by atoms with Gasteiger partial charge in [-0.25, -0.2) is 4.39 Å². The van der Waals surface area contributed by atoms with E-state index in [0.29, 0.717) is 12.1 Å². The van der Waals surface area contributed by atoms with E-state index in [9.17, 15) is 17.6 Å². The molecule has 2 rings (SSSR count). The summed E-state index contributed by atoms with van der Waals surface area (Å²) in [6.07, 6.45) is -4.53. The van der Waals surface area contributed by atoms with Crippen LogP contribution in [0.2, 0.25) is 0 Å². The highest BCUT2D eigenvalue weighted by Gasteiger charge is 2.31. The van der Waals surface area contributed by atoms with Crippen LogP contribution in [0.5, 0.6) is 0 Å². The zero-order valence-electron chi connectivity index (χ0n) is 8.12. The summed E-state index contributed by atoms with van der Waals surface area (Å²) in [4.78, 5) is 3.64. The minimum absolute atomic E-state index is 0.0195. The van der Waals surface area contributed by atoms with Crippen molar-refractivity contribution in [3.05, 3.63) is 29.6 Å². The number of benzene rings is 1. The molecule has 90 valence electrons. The zero-order chi connectivity index (χ0) is 12.6. The summed E-state index contributed by atoms with van der Waals surface area (Å²) in [5.41, 5.74) is 4.04. The van der Waals surface area contributed by atoms with E-state index in [2.05, 4.69) is 9.36 Å². The van der Waals surface area contributed by atoms with Crippen molar-refractivity contribution in [2.45, 2.75) is 6.18 Å². The third kappa shape index (κ3) is 2.36. The summed E-state index contributed by atoms with van der Waals surface area (Å²) in [5, 5.41) is 0.0195. The number of aromatic nitrogens is 2. The van der Waals surface area contributed by atoms with E-state index >= 15 is 0 Å². The van der Waals surface area contributed by atoms with Crippen LogP contribution in [0, 0.1) is 5.82 Å². The number of hydrogen-bond donors (Lipinski definition) is 1. The Morgan fingerprint density at radius 1 is 1.24 bits per heavy atom. The third-order valence-corrected chi connectivity index (χ3v) is 2.73. The fraction of sp³-hybridized carbons (Fsp3) is 0.111. The van der Waals surface area contributed by atoms with Gasteiger partial charge >= 0.3 is 6.18 Å². The predicted molar refractivity (Wildman–Crippen MR) is 54.7 cm³/mol. The maximum Gasteiger partial charge on any atom is 0.416 e. The van der Waals surface area contributed by atoms with Gasteiger partial charge in [0, 0.05) is 5.56 Å². The summed E-state index contributed by atoms with van der Waals surface area (Å²) in [7, 11) is 0. The number of hydrogen-bond acceptors (Lipinski definition) is 4. The van der Waals surface area contributed by atoms with Gasteiger partial charge in [0.25, 0.3) is 0 Å². The quantitative estimate of drug-likeness (QED) is 0.805. The lowest BCUT2D eigenvalue weighted by atomic mass is 10.1. The number of nitrogens with zero attached hydrogens (tertiary/aromatic N) is 2. The molecule has 0 radical (unpaired) electrons. The van der Waals surface area contributed by atoms with Gasteiger partial charge in [-0.05, 0) is 29.7 Å². The van der Waals surface area contributed by atoms with Crippen LogP contribution in [0.1, 0.15) is 5.56 Å². The largest absolute Gasteiger partial charge is 0.416 e. The van der Waals surface area contributed by atoms with Gasteiger partial charge in [-0.3, -0.25) is 0 Å². The Balaban J connectivity index is 2.54. The number of halogens is 4. The molecule has 1 heterocycles. The molecule has 0 aliphatic carbocycles. The Bertz CT molecular complexity index is 549. The summed E-state index contributed by atoms with van der Waals surface area (Å²) < 4.78 is 54.3. The van der Waals surface area contributed by atoms with Crippen molar-refractivity contribution in [3.63, 3.8) is 0 Å². The molecule has 0 amide bonds. The van der Waals surface area contributed by atoms with E-state index in [1.807, 2.05) is 0 Å². The highest BCUT2D eigenvalue weighted by atomic mass is 32.1. The number of anilines is 1. The maximum absolute atomic E-state index is 13.4. The molecule has 0 unspecified atom stereocenters. The van der Waals surface area contributed by atoms with Crippen molar-refractivity contribution in [1.29, 1.82) is 0 Å². The fourth-order valence-corrected chi connectivity index (χ4v) is 1.82. The standard InChI is InChI=1S/C9H5F4N3S/c10-6-2-1-4(9(11,12)13)3-5(6)7-15-8(14)16-17-7/h1-3H,(H2,14,16). The molecule has 17 heavy (non-hydrogen) atoms. The number of alkyl halides is 3. The third-order valence-electron chi connectivity index (χ3n) is 1.97. The lowest BCUT2D eigenvalue weighted by Gasteiger charge is -2.07. The number of nitrogen functional groups attached to an aromatic ring is 1. The minimum atomic E-state index is -4.53. The predicted octanol–water partition coefficient (Wildman–Crippen LogP) is 2.95. The average molecular weight is 263 g/mol. The molecule has 0 aliphatic heterocycles. The van der Waals surface area contributed by atoms with E-state index in [-0.39, 0.29) is 16.5 Å². The van der Waals surface area contributed by atoms with Crippen LogP contribution in [0.3, 0.4) is 0 Å². The molecule has 3 nitrogen and oxygen atoms in total.